The van der Waals surface area contributed by atoms with Crippen LogP contribution in [0.5, 0.6) is 0 Å². The summed E-state index contributed by atoms with van der Waals surface area (Å²) in [6.07, 6.45) is 1.63. The molecule has 0 aliphatic carbocycles. The zero-order valence-electron chi connectivity index (χ0n) is 14.4. The lowest BCUT2D eigenvalue weighted by Gasteiger charge is -2.25. The maximum atomic E-state index is 12.9. The predicted molar refractivity (Wildman–Crippen MR) is 98.5 cm³/mol. The summed E-state index contributed by atoms with van der Waals surface area (Å²) in [6, 6.07) is 17.0. The Morgan fingerprint density at radius 2 is 1.58 bits per heavy atom. The van der Waals surface area contributed by atoms with Crippen LogP contribution in [0.3, 0.4) is 0 Å². The Bertz CT molecular complexity index is 684. The van der Waals surface area contributed by atoms with E-state index < -0.39 is 10.8 Å². The summed E-state index contributed by atoms with van der Waals surface area (Å²) in [5, 5.41) is 0. The summed E-state index contributed by atoms with van der Waals surface area (Å²) in [5.41, 5.74) is 1.73. The lowest BCUT2D eigenvalue weighted by Crippen LogP contribution is -2.36. The summed E-state index contributed by atoms with van der Waals surface area (Å²) in [5.74, 6) is -0.00543. The number of carbonyl (C=O) groups excluding carboxylic acids is 1. The molecular weight excluding hydrogens is 320 g/mol. The smallest absolute Gasteiger partial charge is 0.254 e. The first-order valence-corrected chi connectivity index (χ1v) is 9.44. The summed E-state index contributed by atoms with van der Waals surface area (Å²) in [7, 11) is 2.96. The number of likely N-dealkylation sites (N-methyl/N-ethyl adjacent to an activating group) is 1. The van der Waals surface area contributed by atoms with Gasteiger partial charge in [-0.05, 0) is 43.9 Å². The fourth-order valence-corrected chi connectivity index (χ4v) is 2.87. The van der Waals surface area contributed by atoms with Gasteiger partial charge in [0.1, 0.15) is 0 Å². The van der Waals surface area contributed by atoms with Gasteiger partial charge in [-0.1, -0.05) is 30.3 Å². The Kier molecular flexibility index (Phi) is 6.70. The number of nitrogens with zero attached hydrogens (tertiary/aromatic N) is 2. The first-order chi connectivity index (χ1) is 11.5. The molecule has 24 heavy (non-hydrogen) atoms. The van der Waals surface area contributed by atoms with Crippen molar-refractivity contribution in [3.63, 3.8) is 0 Å². The van der Waals surface area contributed by atoms with Gasteiger partial charge in [0.2, 0.25) is 0 Å². The topological polar surface area (TPSA) is 40.6 Å². The molecule has 0 aliphatic heterocycles. The Labute approximate surface area is 146 Å². The molecule has 1 amide bonds. The zero-order chi connectivity index (χ0) is 17.5. The van der Waals surface area contributed by atoms with Crippen molar-refractivity contribution in [2.24, 2.45) is 0 Å². The van der Waals surface area contributed by atoms with Crippen LogP contribution in [-0.2, 0) is 17.3 Å². The molecule has 4 nitrogen and oxygen atoms in total. The van der Waals surface area contributed by atoms with E-state index >= 15 is 0 Å². The fraction of sp³-hybridized carbons (Fsp3) is 0.316. The van der Waals surface area contributed by atoms with Gasteiger partial charge in [0.05, 0.1) is 0 Å². The summed E-state index contributed by atoms with van der Waals surface area (Å²) in [6.45, 7) is 2.03. The van der Waals surface area contributed by atoms with Crippen LogP contribution in [-0.4, -0.2) is 53.4 Å². The second kappa shape index (κ2) is 8.76. The van der Waals surface area contributed by atoms with E-state index in [4.69, 9.17) is 0 Å². The third kappa shape index (κ3) is 5.28. The second-order valence-corrected chi connectivity index (χ2v) is 7.37. The fourth-order valence-electron chi connectivity index (χ4n) is 2.35. The molecule has 0 saturated heterocycles. The maximum Gasteiger partial charge on any atom is 0.254 e. The molecule has 0 aliphatic rings. The summed E-state index contributed by atoms with van der Waals surface area (Å²) < 4.78 is 11.5. The molecule has 0 heterocycles. The van der Waals surface area contributed by atoms with E-state index in [2.05, 4.69) is 4.90 Å². The van der Waals surface area contributed by atoms with Crippen LogP contribution in [0.25, 0.3) is 0 Å². The van der Waals surface area contributed by atoms with Gasteiger partial charge in [0.15, 0.2) is 0 Å². The number of hydrogen-bond acceptors (Lipinski definition) is 3. The van der Waals surface area contributed by atoms with Crippen LogP contribution in [0, 0.1) is 0 Å². The van der Waals surface area contributed by atoms with E-state index in [9.17, 15) is 9.00 Å². The molecule has 0 aromatic heterocycles. The van der Waals surface area contributed by atoms with E-state index in [-0.39, 0.29) is 5.91 Å². The molecule has 128 valence electrons. The Morgan fingerprint density at radius 3 is 2.12 bits per heavy atom. The normalized spacial score (nSPS) is 12.2. The number of carbonyl (C=O) groups is 1. The Hall–Kier alpha value is -1.98. The van der Waals surface area contributed by atoms with Crippen molar-refractivity contribution in [2.75, 3.05) is 33.4 Å². The van der Waals surface area contributed by atoms with Crippen LogP contribution >= 0.6 is 0 Å². The molecule has 0 bridgehead atoms. The van der Waals surface area contributed by atoms with Crippen molar-refractivity contribution in [1.29, 1.82) is 0 Å². The van der Waals surface area contributed by atoms with E-state index in [0.29, 0.717) is 18.7 Å². The predicted octanol–water partition coefficient (Wildman–Crippen LogP) is 2.63. The Balaban J connectivity index is 2.17. The van der Waals surface area contributed by atoms with Crippen LogP contribution < -0.4 is 0 Å². The molecule has 0 saturated carbocycles. The molecule has 0 fully saturated rings. The van der Waals surface area contributed by atoms with Crippen LogP contribution in [0.2, 0.25) is 0 Å². The van der Waals surface area contributed by atoms with Gasteiger partial charge in [0.25, 0.3) is 5.91 Å². The highest BCUT2D eigenvalue weighted by atomic mass is 32.2. The van der Waals surface area contributed by atoms with E-state index in [1.807, 2.05) is 49.3 Å². The molecule has 5 heteroatoms. The Morgan fingerprint density at radius 1 is 0.958 bits per heavy atom. The average Bonchev–Trinajstić information content (AvgIpc) is 2.58. The third-order valence-electron chi connectivity index (χ3n) is 3.75. The van der Waals surface area contributed by atoms with Crippen molar-refractivity contribution in [3.8, 4) is 0 Å². The molecular formula is C19H24N2O2S. The average molecular weight is 344 g/mol. The second-order valence-electron chi connectivity index (χ2n) is 5.99. The van der Waals surface area contributed by atoms with Crippen LogP contribution in [0.15, 0.2) is 59.5 Å². The molecule has 2 aromatic carbocycles. The number of amides is 1. The monoisotopic (exact) mass is 344 g/mol. The van der Waals surface area contributed by atoms with Crippen molar-refractivity contribution >= 4 is 16.7 Å². The molecule has 2 aromatic rings. The molecule has 1 atom stereocenters. The van der Waals surface area contributed by atoms with Crippen molar-refractivity contribution in [2.45, 2.75) is 11.4 Å². The SMILES string of the molecule is CN(C)CCN(Cc1ccccc1)C(=O)c1ccc(S(C)=O)cc1. The van der Waals surface area contributed by atoms with Crippen LogP contribution in [0.1, 0.15) is 15.9 Å². The van der Waals surface area contributed by atoms with Gasteiger partial charge in [-0.15, -0.1) is 0 Å². The lowest BCUT2D eigenvalue weighted by molar-refractivity contribution is 0.0732. The minimum absolute atomic E-state index is 0.00543. The quantitative estimate of drug-likeness (QED) is 0.775. The van der Waals surface area contributed by atoms with Crippen molar-refractivity contribution < 1.29 is 9.00 Å². The van der Waals surface area contributed by atoms with E-state index in [1.165, 1.54) is 0 Å². The molecule has 0 N–H and O–H groups in total. The van der Waals surface area contributed by atoms with E-state index in [1.54, 1.807) is 30.5 Å². The van der Waals surface area contributed by atoms with Gasteiger partial charge in [-0.25, -0.2) is 0 Å². The first kappa shape index (κ1) is 18.4. The summed E-state index contributed by atoms with van der Waals surface area (Å²) in [4.78, 5) is 17.5. The minimum Gasteiger partial charge on any atom is -0.333 e. The standard InChI is InChI=1S/C19H24N2O2S/c1-20(2)13-14-21(15-16-7-5-4-6-8-16)19(22)17-9-11-18(12-10-17)24(3)23/h4-12H,13-15H2,1-3H3. The van der Waals surface area contributed by atoms with Gasteiger partial charge in [-0.2, -0.15) is 0 Å². The van der Waals surface area contributed by atoms with Gasteiger partial charge in [-0.3, -0.25) is 9.00 Å². The molecule has 1 unspecified atom stereocenters. The largest absolute Gasteiger partial charge is 0.333 e. The highest BCUT2D eigenvalue weighted by Gasteiger charge is 2.16. The maximum absolute atomic E-state index is 12.9. The van der Waals surface area contributed by atoms with Crippen molar-refractivity contribution in [3.05, 3.63) is 65.7 Å². The van der Waals surface area contributed by atoms with Gasteiger partial charge < -0.3 is 9.80 Å². The van der Waals surface area contributed by atoms with E-state index in [0.717, 1.165) is 17.0 Å². The van der Waals surface area contributed by atoms with Crippen LogP contribution in [0.4, 0.5) is 0 Å². The highest BCUT2D eigenvalue weighted by molar-refractivity contribution is 7.84. The lowest BCUT2D eigenvalue weighted by atomic mass is 10.1. The van der Waals surface area contributed by atoms with Crippen molar-refractivity contribution in [1.82, 2.24) is 9.80 Å². The molecule has 0 radical (unpaired) electrons. The minimum atomic E-state index is -1.03. The number of benzene rings is 2. The summed E-state index contributed by atoms with van der Waals surface area (Å²) >= 11 is 0. The third-order valence-corrected chi connectivity index (χ3v) is 4.69. The zero-order valence-corrected chi connectivity index (χ0v) is 15.3. The first-order valence-electron chi connectivity index (χ1n) is 7.89. The highest BCUT2D eigenvalue weighted by Crippen LogP contribution is 2.13. The molecule has 0 spiro atoms. The van der Waals surface area contributed by atoms with Gasteiger partial charge >= 0.3 is 0 Å². The number of hydrogen-bond donors (Lipinski definition) is 0. The van der Waals surface area contributed by atoms with Gasteiger partial charge in [0, 0.05) is 47.1 Å². The number of rotatable bonds is 7. The molecule has 2 rings (SSSR count).